The number of aromatic nitrogens is 1. The topological polar surface area (TPSA) is 34.4 Å². The maximum atomic E-state index is 9.80. The highest BCUT2D eigenvalue weighted by Gasteiger charge is 2.10. The fourth-order valence-electron chi connectivity index (χ4n) is 3.28. The number of ether oxygens (including phenoxy) is 1. The molecule has 3 heteroatoms. The molecule has 26 heavy (non-hydrogen) atoms. The lowest BCUT2D eigenvalue weighted by atomic mass is 10.1. The predicted molar refractivity (Wildman–Crippen MR) is 106 cm³/mol. The molecule has 3 nitrogen and oxygen atoms in total. The average molecular weight is 343 g/mol. The maximum Gasteiger partial charge on any atom is 0.160 e. The number of hydrogen-bond donors (Lipinski definition) is 1. The third kappa shape index (κ3) is 3.29. The Bertz CT molecular complexity index is 1010. The van der Waals surface area contributed by atoms with Gasteiger partial charge in [0.1, 0.15) is 0 Å². The van der Waals surface area contributed by atoms with Gasteiger partial charge in [-0.1, -0.05) is 60.7 Å². The van der Waals surface area contributed by atoms with Crippen LogP contribution in [0.5, 0.6) is 11.5 Å². The van der Waals surface area contributed by atoms with Crippen molar-refractivity contribution in [2.24, 2.45) is 0 Å². The van der Waals surface area contributed by atoms with Crippen molar-refractivity contribution in [1.29, 1.82) is 0 Å². The van der Waals surface area contributed by atoms with E-state index in [2.05, 4.69) is 59.2 Å². The summed E-state index contributed by atoms with van der Waals surface area (Å²) in [5.74, 6) is 0.719. The number of fused-ring (bicyclic) bond motifs is 1. The first-order valence-electron chi connectivity index (χ1n) is 8.87. The Morgan fingerprint density at radius 3 is 2.38 bits per heavy atom. The molecule has 3 aromatic carbocycles. The zero-order chi connectivity index (χ0) is 17.8. The van der Waals surface area contributed by atoms with Crippen LogP contribution in [0.25, 0.3) is 22.2 Å². The van der Waals surface area contributed by atoms with E-state index in [9.17, 15) is 5.11 Å². The monoisotopic (exact) mass is 343 g/mol. The van der Waals surface area contributed by atoms with Crippen molar-refractivity contribution in [2.75, 3.05) is 6.61 Å². The maximum absolute atomic E-state index is 9.80. The molecule has 0 aliphatic carbocycles. The van der Waals surface area contributed by atoms with Crippen LogP contribution in [0.15, 0.2) is 84.9 Å². The van der Waals surface area contributed by atoms with E-state index in [-0.39, 0.29) is 5.75 Å². The number of benzene rings is 3. The minimum atomic E-state index is 0.184. The lowest BCUT2D eigenvalue weighted by Gasteiger charge is -2.12. The van der Waals surface area contributed by atoms with E-state index in [0.29, 0.717) is 12.4 Å². The van der Waals surface area contributed by atoms with E-state index in [1.807, 2.05) is 12.1 Å². The molecule has 130 valence electrons. The van der Waals surface area contributed by atoms with Crippen molar-refractivity contribution >= 4 is 10.9 Å². The van der Waals surface area contributed by atoms with Crippen LogP contribution in [0, 0.1) is 0 Å². The third-order valence-electron chi connectivity index (χ3n) is 4.53. The van der Waals surface area contributed by atoms with Crippen LogP contribution in [0.3, 0.4) is 0 Å². The zero-order valence-electron chi connectivity index (χ0n) is 14.5. The van der Waals surface area contributed by atoms with Gasteiger partial charge in [0, 0.05) is 23.1 Å². The molecule has 0 amide bonds. The van der Waals surface area contributed by atoms with Gasteiger partial charge in [0.2, 0.25) is 0 Å². The molecule has 1 heterocycles. The lowest BCUT2D eigenvalue weighted by molar-refractivity contribution is 0.287. The number of phenolic OH excluding ortho intramolecular Hbond substituents is 1. The quantitative estimate of drug-likeness (QED) is 0.470. The molecule has 0 aliphatic heterocycles. The second-order valence-corrected chi connectivity index (χ2v) is 6.28. The Kier molecular flexibility index (Phi) is 4.61. The second-order valence-electron chi connectivity index (χ2n) is 6.28. The Balaban J connectivity index is 1.55. The molecular weight excluding hydrogens is 322 g/mol. The van der Waals surface area contributed by atoms with Gasteiger partial charge in [-0.3, -0.25) is 0 Å². The Morgan fingerprint density at radius 2 is 1.54 bits per heavy atom. The van der Waals surface area contributed by atoms with Crippen LogP contribution >= 0.6 is 0 Å². The van der Waals surface area contributed by atoms with Crippen LogP contribution < -0.4 is 4.74 Å². The number of aromatic hydroxyl groups is 1. The van der Waals surface area contributed by atoms with Crippen LogP contribution in [-0.2, 0) is 6.54 Å². The summed E-state index contributed by atoms with van der Waals surface area (Å²) in [5, 5.41) is 11.0. The summed E-state index contributed by atoms with van der Waals surface area (Å²) in [6.45, 7) is 1.41. The highest BCUT2D eigenvalue weighted by atomic mass is 16.5. The summed E-state index contributed by atoms with van der Waals surface area (Å²) in [4.78, 5) is 0. The summed E-state index contributed by atoms with van der Waals surface area (Å²) in [6.07, 6.45) is 0.854. The number of aryl methyl sites for hydroxylation is 1. The summed E-state index contributed by atoms with van der Waals surface area (Å²) in [6, 6.07) is 28.2. The normalized spacial score (nSPS) is 10.9. The van der Waals surface area contributed by atoms with Crippen LogP contribution in [-0.4, -0.2) is 16.3 Å². The molecule has 0 saturated heterocycles. The van der Waals surface area contributed by atoms with E-state index in [1.165, 1.54) is 22.2 Å². The largest absolute Gasteiger partial charge is 0.504 e. The second kappa shape index (κ2) is 7.36. The molecule has 0 bridgehead atoms. The fourth-order valence-corrected chi connectivity index (χ4v) is 3.28. The molecule has 0 radical (unpaired) electrons. The Hall–Kier alpha value is -3.20. The predicted octanol–water partition coefficient (Wildman–Crippen LogP) is 5.48. The standard InChI is InChI=1S/C23H21NO2/c25-22-13-6-7-14-23(22)26-16-8-15-24-20-12-5-4-11-19(20)17-21(24)18-9-2-1-3-10-18/h1-7,9-14,17,25H,8,15-16H2. The molecular formula is C23H21NO2. The first-order chi connectivity index (χ1) is 12.8. The number of nitrogens with zero attached hydrogens (tertiary/aromatic N) is 1. The smallest absolute Gasteiger partial charge is 0.160 e. The van der Waals surface area contributed by atoms with E-state index >= 15 is 0 Å². The molecule has 4 aromatic rings. The van der Waals surface area contributed by atoms with Crippen molar-refractivity contribution in [3.05, 3.63) is 84.9 Å². The molecule has 1 aromatic heterocycles. The molecule has 0 unspecified atom stereocenters. The minimum absolute atomic E-state index is 0.184. The first-order valence-corrected chi connectivity index (χ1v) is 8.87. The molecule has 0 saturated carbocycles. The number of phenols is 1. The molecule has 0 fully saturated rings. The number of para-hydroxylation sites is 3. The SMILES string of the molecule is Oc1ccccc1OCCCn1c(-c2ccccc2)cc2ccccc21. The molecule has 0 spiro atoms. The average Bonchev–Trinajstić information content (AvgIpc) is 3.06. The van der Waals surface area contributed by atoms with Gasteiger partial charge in [0.25, 0.3) is 0 Å². The molecule has 0 aliphatic rings. The van der Waals surface area contributed by atoms with Crippen molar-refractivity contribution in [3.63, 3.8) is 0 Å². The van der Waals surface area contributed by atoms with Gasteiger partial charge in [-0.25, -0.2) is 0 Å². The first kappa shape index (κ1) is 16.3. The zero-order valence-corrected chi connectivity index (χ0v) is 14.5. The summed E-state index contributed by atoms with van der Waals surface area (Å²) >= 11 is 0. The van der Waals surface area contributed by atoms with E-state index in [1.54, 1.807) is 18.2 Å². The van der Waals surface area contributed by atoms with Gasteiger partial charge < -0.3 is 14.4 Å². The summed E-state index contributed by atoms with van der Waals surface area (Å²) in [5.41, 5.74) is 3.66. The molecule has 4 rings (SSSR count). The van der Waals surface area contributed by atoms with E-state index in [4.69, 9.17) is 4.74 Å². The van der Waals surface area contributed by atoms with Gasteiger partial charge in [0.15, 0.2) is 11.5 Å². The Morgan fingerprint density at radius 1 is 0.808 bits per heavy atom. The molecule has 0 atom stereocenters. The van der Waals surface area contributed by atoms with E-state index in [0.717, 1.165) is 13.0 Å². The van der Waals surface area contributed by atoms with Crippen molar-refractivity contribution in [1.82, 2.24) is 4.57 Å². The number of hydrogen-bond acceptors (Lipinski definition) is 2. The Labute approximate surface area is 153 Å². The van der Waals surface area contributed by atoms with Gasteiger partial charge in [-0.2, -0.15) is 0 Å². The van der Waals surface area contributed by atoms with Crippen molar-refractivity contribution in [2.45, 2.75) is 13.0 Å². The van der Waals surface area contributed by atoms with E-state index < -0.39 is 0 Å². The lowest BCUT2D eigenvalue weighted by Crippen LogP contribution is -2.05. The third-order valence-corrected chi connectivity index (χ3v) is 4.53. The summed E-state index contributed by atoms with van der Waals surface area (Å²) in [7, 11) is 0. The van der Waals surface area contributed by atoms with Crippen LogP contribution in [0.1, 0.15) is 6.42 Å². The van der Waals surface area contributed by atoms with Crippen molar-refractivity contribution < 1.29 is 9.84 Å². The summed E-state index contributed by atoms with van der Waals surface area (Å²) < 4.78 is 8.08. The highest BCUT2D eigenvalue weighted by molar-refractivity contribution is 5.87. The van der Waals surface area contributed by atoms with Crippen LogP contribution in [0.4, 0.5) is 0 Å². The van der Waals surface area contributed by atoms with Gasteiger partial charge in [-0.05, 0) is 36.2 Å². The fraction of sp³-hybridized carbons (Fsp3) is 0.130. The van der Waals surface area contributed by atoms with Gasteiger partial charge in [0.05, 0.1) is 6.61 Å². The van der Waals surface area contributed by atoms with Gasteiger partial charge in [-0.15, -0.1) is 0 Å². The van der Waals surface area contributed by atoms with Crippen molar-refractivity contribution in [3.8, 4) is 22.8 Å². The number of rotatable bonds is 6. The van der Waals surface area contributed by atoms with Crippen LogP contribution in [0.2, 0.25) is 0 Å². The van der Waals surface area contributed by atoms with Gasteiger partial charge >= 0.3 is 0 Å². The minimum Gasteiger partial charge on any atom is -0.504 e. The highest BCUT2D eigenvalue weighted by Crippen LogP contribution is 2.29. The molecule has 1 N–H and O–H groups in total.